The zero-order chi connectivity index (χ0) is 13.3. The van der Waals surface area contributed by atoms with Gasteiger partial charge in [0.25, 0.3) is 0 Å². The van der Waals surface area contributed by atoms with E-state index in [0.29, 0.717) is 13.0 Å². The number of alkyl halides is 3. The Morgan fingerprint density at radius 1 is 1.44 bits per heavy atom. The van der Waals surface area contributed by atoms with E-state index in [0.717, 1.165) is 0 Å². The molecule has 0 spiro atoms. The lowest BCUT2D eigenvalue weighted by molar-refractivity contribution is -0.144. The van der Waals surface area contributed by atoms with E-state index >= 15 is 0 Å². The van der Waals surface area contributed by atoms with Crippen molar-refractivity contribution in [3.63, 3.8) is 0 Å². The van der Waals surface area contributed by atoms with E-state index in [9.17, 15) is 18.3 Å². The zero-order valence-corrected chi connectivity index (χ0v) is 9.70. The molecule has 1 atom stereocenters. The predicted molar refractivity (Wildman–Crippen MR) is 59.4 cm³/mol. The highest BCUT2D eigenvalue weighted by molar-refractivity contribution is 5.50. The minimum atomic E-state index is -4.58. The van der Waals surface area contributed by atoms with Gasteiger partial charge in [0, 0.05) is 26.2 Å². The number of aliphatic hydroxyl groups is 1. The fourth-order valence-corrected chi connectivity index (χ4v) is 1.80. The molecule has 100 valence electrons. The summed E-state index contributed by atoms with van der Waals surface area (Å²) in [5.74, 6) is -0.891. The van der Waals surface area contributed by atoms with E-state index in [1.165, 1.54) is 13.1 Å². The van der Waals surface area contributed by atoms with Gasteiger partial charge in [-0.25, -0.2) is 9.97 Å². The van der Waals surface area contributed by atoms with Crippen LogP contribution in [-0.4, -0.2) is 41.3 Å². The molecule has 0 saturated carbocycles. The van der Waals surface area contributed by atoms with Crippen molar-refractivity contribution in [3.8, 4) is 0 Å². The average Bonchev–Trinajstić information content (AvgIpc) is 2.74. The van der Waals surface area contributed by atoms with E-state index in [-0.39, 0.29) is 18.2 Å². The van der Waals surface area contributed by atoms with Crippen molar-refractivity contribution in [2.24, 2.45) is 0 Å². The number of aromatic nitrogens is 2. The second-order valence-electron chi connectivity index (χ2n) is 4.07. The molecule has 1 aromatic rings. The zero-order valence-electron chi connectivity index (χ0n) is 9.70. The first-order chi connectivity index (χ1) is 8.40. The molecule has 1 aromatic heterocycles. The molecule has 1 aliphatic heterocycles. The molecule has 0 radical (unpaired) electrons. The van der Waals surface area contributed by atoms with Gasteiger partial charge in [-0.05, 0) is 6.42 Å². The summed E-state index contributed by atoms with van der Waals surface area (Å²) < 4.78 is 37.9. The average molecular weight is 262 g/mol. The third-order valence-corrected chi connectivity index (χ3v) is 2.71. The normalized spacial score (nSPS) is 20.3. The lowest BCUT2D eigenvalue weighted by Crippen LogP contribution is -2.24. The molecule has 2 N–H and O–H groups in total. The monoisotopic (exact) mass is 262 g/mol. The second-order valence-corrected chi connectivity index (χ2v) is 4.07. The van der Waals surface area contributed by atoms with Crippen LogP contribution in [0.15, 0.2) is 6.07 Å². The summed E-state index contributed by atoms with van der Waals surface area (Å²) in [7, 11) is 1.49. The SMILES string of the molecule is CNc1cc(N2CCC(O)C2)nc(C(F)(F)F)n1. The van der Waals surface area contributed by atoms with Gasteiger partial charge < -0.3 is 15.3 Å². The van der Waals surface area contributed by atoms with Crippen molar-refractivity contribution in [2.45, 2.75) is 18.7 Å². The van der Waals surface area contributed by atoms with Crippen molar-refractivity contribution in [1.82, 2.24) is 9.97 Å². The molecule has 2 rings (SSSR count). The highest BCUT2D eigenvalue weighted by atomic mass is 19.4. The molecule has 0 amide bonds. The topological polar surface area (TPSA) is 61.3 Å². The van der Waals surface area contributed by atoms with Crippen LogP contribution in [-0.2, 0) is 6.18 Å². The van der Waals surface area contributed by atoms with E-state index < -0.39 is 18.1 Å². The number of halogens is 3. The smallest absolute Gasteiger partial charge is 0.391 e. The maximum Gasteiger partial charge on any atom is 0.451 e. The molecule has 0 aromatic carbocycles. The van der Waals surface area contributed by atoms with E-state index in [4.69, 9.17) is 0 Å². The highest BCUT2D eigenvalue weighted by Crippen LogP contribution is 2.30. The molecule has 1 fully saturated rings. The van der Waals surface area contributed by atoms with Crippen LogP contribution in [0.1, 0.15) is 12.2 Å². The van der Waals surface area contributed by atoms with Crippen molar-refractivity contribution < 1.29 is 18.3 Å². The van der Waals surface area contributed by atoms with Crippen molar-refractivity contribution >= 4 is 11.6 Å². The van der Waals surface area contributed by atoms with Gasteiger partial charge in [-0.1, -0.05) is 0 Å². The molecule has 0 bridgehead atoms. The number of hydrogen-bond acceptors (Lipinski definition) is 5. The van der Waals surface area contributed by atoms with Crippen LogP contribution in [0.25, 0.3) is 0 Å². The summed E-state index contributed by atoms with van der Waals surface area (Å²) in [5.41, 5.74) is 0. The molecule has 8 heteroatoms. The lowest BCUT2D eigenvalue weighted by atomic mass is 10.3. The van der Waals surface area contributed by atoms with Gasteiger partial charge >= 0.3 is 6.18 Å². The van der Waals surface area contributed by atoms with Crippen LogP contribution in [0.5, 0.6) is 0 Å². The van der Waals surface area contributed by atoms with E-state index in [2.05, 4.69) is 15.3 Å². The van der Waals surface area contributed by atoms with Crippen LogP contribution in [0, 0.1) is 0 Å². The number of nitrogens with one attached hydrogen (secondary N) is 1. The molecule has 2 heterocycles. The number of β-amino-alcohol motifs (C(OH)–C–C–N with tert-alkyl or cyclic N) is 1. The maximum absolute atomic E-state index is 12.6. The third kappa shape index (κ3) is 2.63. The minimum absolute atomic E-state index is 0.105. The Kier molecular flexibility index (Phi) is 3.29. The Balaban J connectivity index is 2.35. The number of hydrogen-bond donors (Lipinski definition) is 2. The molecule has 1 saturated heterocycles. The van der Waals surface area contributed by atoms with Crippen molar-refractivity contribution in [2.75, 3.05) is 30.4 Å². The summed E-state index contributed by atoms with van der Waals surface area (Å²) in [6, 6.07) is 1.44. The Morgan fingerprint density at radius 2 is 2.17 bits per heavy atom. The lowest BCUT2D eigenvalue weighted by Gasteiger charge is -2.18. The third-order valence-electron chi connectivity index (χ3n) is 2.71. The molecule has 1 aliphatic rings. The van der Waals surface area contributed by atoms with Crippen LogP contribution < -0.4 is 10.2 Å². The molecule has 0 aliphatic carbocycles. The number of rotatable bonds is 2. The minimum Gasteiger partial charge on any atom is -0.391 e. The Bertz CT molecular complexity index is 438. The predicted octanol–water partition coefficient (Wildman–Crippen LogP) is 1.11. The molecule has 1 unspecified atom stereocenters. The molecular formula is C10H13F3N4O. The summed E-state index contributed by atoms with van der Waals surface area (Å²) in [6.45, 7) is 0.774. The Morgan fingerprint density at radius 3 is 2.67 bits per heavy atom. The fraction of sp³-hybridized carbons (Fsp3) is 0.600. The molecule has 18 heavy (non-hydrogen) atoms. The number of aliphatic hydroxyl groups excluding tert-OH is 1. The Labute approximate surface area is 102 Å². The van der Waals surface area contributed by atoms with Crippen molar-refractivity contribution in [1.29, 1.82) is 0 Å². The first-order valence-corrected chi connectivity index (χ1v) is 5.47. The summed E-state index contributed by atoms with van der Waals surface area (Å²) >= 11 is 0. The summed E-state index contributed by atoms with van der Waals surface area (Å²) in [5, 5.41) is 12.0. The van der Waals surface area contributed by atoms with Gasteiger partial charge in [0.05, 0.1) is 6.10 Å². The summed E-state index contributed by atoms with van der Waals surface area (Å²) in [6.07, 6.45) is -4.58. The first-order valence-electron chi connectivity index (χ1n) is 5.47. The fourth-order valence-electron chi connectivity index (χ4n) is 1.80. The second kappa shape index (κ2) is 4.60. The Hall–Kier alpha value is -1.57. The van der Waals surface area contributed by atoms with Gasteiger partial charge in [-0.15, -0.1) is 0 Å². The highest BCUT2D eigenvalue weighted by Gasteiger charge is 2.36. The molecule has 5 nitrogen and oxygen atoms in total. The number of nitrogens with zero attached hydrogens (tertiary/aromatic N) is 3. The number of anilines is 2. The molecular weight excluding hydrogens is 249 g/mol. The van der Waals surface area contributed by atoms with Crippen LogP contribution >= 0.6 is 0 Å². The van der Waals surface area contributed by atoms with Gasteiger partial charge in [-0.3, -0.25) is 0 Å². The van der Waals surface area contributed by atoms with Crippen LogP contribution in [0.2, 0.25) is 0 Å². The summed E-state index contributed by atoms with van der Waals surface area (Å²) in [4.78, 5) is 8.50. The van der Waals surface area contributed by atoms with Crippen molar-refractivity contribution in [3.05, 3.63) is 11.9 Å². The van der Waals surface area contributed by atoms with E-state index in [1.54, 1.807) is 4.90 Å². The van der Waals surface area contributed by atoms with Gasteiger partial charge in [0.2, 0.25) is 5.82 Å². The standard InChI is InChI=1S/C10H13F3N4O/c1-14-7-4-8(17-3-2-6(18)5-17)16-9(15-7)10(11,12)13/h4,6,18H,2-3,5H2,1H3,(H,14,15,16). The van der Waals surface area contributed by atoms with E-state index in [1.807, 2.05) is 0 Å². The maximum atomic E-state index is 12.6. The largest absolute Gasteiger partial charge is 0.451 e. The van der Waals surface area contributed by atoms with Gasteiger partial charge in [0.15, 0.2) is 0 Å². The van der Waals surface area contributed by atoms with Gasteiger partial charge in [0.1, 0.15) is 11.6 Å². The van der Waals surface area contributed by atoms with Crippen LogP contribution in [0.3, 0.4) is 0 Å². The van der Waals surface area contributed by atoms with Gasteiger partial charge in [-0.2, -0.15) is 13.2 Å². The quantitative estimate of drug-likeness (QED) is 0.836. The van der Waals surface area contributed by atoms with Crippen LogP contribution in [0.4, 0.5) is 24.8 Å². The first kappa shape index (κ1) is 12.9.